The zero-order valence-corrected chi connectivity index (χ0v) is 12.3. The van der Waals surface area contributed by atoms with Crippen LogP contribution in [-0.2, 0) is 16.1 Å². The van der Waals surface area contributed by atoms with Crippen LogP contribution in [0.3, 0.4) is 0 Å². The SMILES string of the molecule is O=C(NCc1ccco1)C(=O)NNC(=O)c1ccc2nc[nH]c2c1. The van der Waals surface area contributed by atoms with Gasteiger partial charge in [-0.3, -0.25) is 25.2 Å². The number of hydrogen-bond donors (Lipinski definition) is 4. The van der Waals surface area contributed by atoms with Gasteiger partial charge in [0, 0.05) is 5.56 Å². The number of fused-ring (bicyclic) bond motifs is 1. The third kappa shape index (κ3) is 3.40. The molecular formula is C15H13N5O4. The van der Waals surface area contributed by atoms with Gasteiger partial charge in [0.1, 0.15) is 5.76 Å². The highest BCUT2D eigenvalue weighted by molar-refractivity contribution is 6.35. The van der Waals surface area contributed by atoms with E-state index in [1.54, 1.807) is 30.3 Å². The van der Waals surface area contributed by atoms with Crippen LogP contribution in [0.1, 0.15) is 16.1 Å². The second-order valence-corrected chi connectivity index (χ2v) is 4.80. The quantitative estimate of drug-likeness (QED) is 0.404. The van der Waals surface area contributed by atoms with Crippen LogP contribution < -0.4 is 16.2 Å². The van der Waals surface area contributed by atoms with Gasteiger partial charge in [0.05, 0.1) is 30.2 Å². The molecule has 0 aliphatic carbocycles. The Morgan fingerprint density at radius 2 is 2.00 bits per heavy atom. The number of nitrogens with zero attached hydrogens (tertiary/aromatic N) is 1. The number of furan rings is 1. The highest BCUT2D eigenvalue weighted by atomic mass is 16.3. The molecule has 0 spiro atoms. The highest BCUT2D eigenvalue weighted by Gasteiger charge is 2.15. The number of hydrogen-bond acceptors (Lipinski definition) is 5. The fourth-order valence-electron chi connectivity index (χ4n) is 1.98. The second-order valence-electron chi connectivity index (χ2n) is 4.80. The first kappa shape index (κ1) is 15.3. The van der Waals surface area contributed by atoms with Gasteiger partial charge in [-0.05, 0) is 30.3 Å². The van der Waals surface area contributed by atoms with Gasteiger partial charge >= 0.3 is 11.8 Å². The van der Waals surface area contributed by atoms with E-state index >= 15 is 0 Å². The zero-order valence-electron chi connectivity index (χ0n) is 12.3. The summed E-state index contributed by atoms with van der Waals surface area (Å²) in [5.41, 5.74) is 5.93. The minimum atomic E-state index is -0.988. The summed E-state index contributed by atoms with van der Waals surface area (Å²) < 4.78 is 5.02. The third-order valence-corrected chi connectivity index (χ3v) is 3.18. The molecule has 2 heterocycles. The van der Waals surface area contributed by atoms with Crippen LogP contribution in [0.2, 0.25) is 0 Å². The molecule has 0 bridgehead atoms. The van der Waals surface area contributed by atoms with Gasteiger partial charge in [-0.2, -0.15) is 0 Å². The van der Waals surface area contributed by atoms with Crippen LogP contribution in [0.5, 0.6) is 0 Å². The number of aromatic nitrogens is 2. The Labute approximate surface area is 135 Å². The number of aromatic amines is 1. The molecule has 0 atom stereocenters. The number of benzene rings is 1. The maximum atomic E-state index is 12.0. The molecule has 3 amide bonds. The van der Waals surface area contributed by atoms with E-state index < -0.39 is 17.7 Å². The number of imidazole rings is 1. The number of nitrogens with one attached hydrogen (secondary N) is 4. The van der Waals surface area contributed by atoms with E-state index in [1.807, 2.05) is 5.43 Å². The van der Waals surface area contributed by atoms with Crippen molar-refractivity contribution in [2.45, 2.75) is 6.54 Å². The molecular weight excluding hydrogens is 314 g/mol. The first-order valence-corrected chi connectivity index (χ1v) is 6.97. The van der Waals surface area contributed by atoms with Gasteiger partial charge in [0.25, 0.3) is 5.91 Å². The van der Waals surface area contributed by atoms with E-state index in [-0.39, 0.29) is 6.54 Å². The summed E-state index contributed by atoms with van der Waals surface area (Å²) >= 11 is 0. The van der Waals surface area contributed by atoms with Crippen LogP contribution >= 0.6 is 0 Å². The lowest BCUT2D eigenvalue weighted by Gasteiger charge is -2.07. The first-order chi connectivity index (χ1) is 11.6. The molecule has 122 valence electrons. The standard InChI is InChI=1S/C15H13N5O4/c21-13(9-3-4-11-12(6-9)18-8-17-11)19-20-15(23)14(22)16-7-10-2-1-5-24-10/h1-6,8H,7H2,(H,16,22)(H,17,18)(H,19,21)(H,20,23). The minimum Gasteiger partial charge on any atom is -0.467 e. The molecule has 24 heavy (non-hydrogen) atoms. The van der Waals surface area contributed by atoms with Crippen molar-refractivity contribution in [1.29, 1.82) is 0 Å². The summed E-state index contributed by atoms with van der Waals surface area (Å²) in [7, 11) is 0. The summed E-state index contributed by atoms with van der Waals surface area (Å²) in [6, 6.07) is 8.13. The largest absolute Gasteiger partial charge is 0.467 e. The molecule has 4 N–H and O–H groups in total. The zero-order chi connectivity index (χ0) is 16.9. The summed E-state index contributed by atoms with van der Waals surface area (Å²) in [6.45, 7) is 0.0731. The van der Waals surface area contributed by atoms with E-state index in [0.717, 1.165) is 0 Å². The van der Waals surface area contributed by atoms with Crippen molar-refractivity contribution in [3.05, 3.63) is 54.2 Å². The normalized spacial score (nSPS) is 10.3. The maximum Gasteiger partial charge on any atom is 0.327 e. The molecule has 3 aromatic rings. The van der Waals surface area contributed by atoms with E-state index in [2.05, 4.69) is 20.7 Å². The van der Waals surface area contributed by atoms with E-state index in [0.29, 0.717) is 22.4 Å². The second kappa shape index (κ2) is 6.65. The van der Waals surface area contributed by atoms with Crippen LogP contribution in [0, 0.1) is 0 Å². The number of amides is 3. The lowest BCUT2D eigenvalue weighted by atomic mass is 10.2. The van der Waals surface area contributed by atoms with Gasteiger partial charge < -0.3 is 14.7 Å². The van der Waals surface area contributed by atoms with Crippen LogP contribution in [-0.4, -0.2) is 27.7 Å². The van der Waals surface area contributed by atoms with Gasteiger partial charge in [0.2, 0.25) is 0 Å². The maximum absolute atomic E-state index is 12.0. The van der Waals surface area contributed by atoms with Gasteiger partial charge in [-0.1, -0.05) is 0 Å². The van der Waals surface area contributed by atoms with Crippen molar-refractivity contribution >= 4 is 28.8 Å². The molecule has 0 saturated heterocycles. The van der Waals surface area contributed by atoms with Crippen molar-refractivity contribution in [3.8, 4) is 0 Å². The Morgan fingerprint density at radius 3 is 2.79 bits per heavy atom. The average Bonchev–Trinajstić information content (AvgIpc) is 3.27. The van der Waals surface area contributed by atoms with Crippen molar-refractivity contribution < 1.29 is 18.8 Å². The molecule has 9 heteroatoms. The van der Waals surface area contributed by atoms with E-state index in [9.17, 15) is 14.4 Å². The van der Waals surface area contributed by atoms with Crippen molar-refractivity contribution in [3.63, 3.8) is 0 Å². The Morgan fingerprint density at radius 1 is 1.12 bits per heavy atom. The predicted molar refractivity (Wildman–Crippen MR) is 82.3 cm³/mol. The van der Waals surface area contributed by atoms with Crippen molar-refractivity contribution in [1.82, 2.24) is 26.1 Å². The number of carbonyl (C=O) groups excluding carboxylic acids is 3. The van der Waals surface area contributed by atoms with E-state index in [1.165, 1.54) is 12.6 Å². The average molecular weight is 327 g/mol. The Kier molecular flexibility index (Phi) is 4.23. The lowest BCUT2D eigenvalue weighted by molar-refractivity contribution is -0.139. The molecule has 0 saturated carbocycles. The number of carbonyl (C=O) groups is 3. The van der Waals surface area contributed by atoms with Crippen LogP contribution in [0.15, 0.2) is 47.3 Å². The first-order valence-electron chi connectivity index (χ1n) is 6.97. The molecule has 1 aromatic carbocycles. The highest BCUT2D eigenvalue weighted by Crippen LogP contribution is 2.11. The summed E-state index contributed by atoms with van der Waals surface area (Å²) in [6.07, 6.45) is 2.97. The van der Waals surface area contributed by atoms with Crippen molar-refractivity contribution in [2.75, 3.05) is 0 Å². The fraction of sp³-hybridized carbons (Fsp3) is 0.0667. The molecule has 0 radical (unpaired) electrons. The molecule has 0 unspecified atom stereocenters. The summed E-state index contributed by atoms with van der Waals surface area (Å²) in [4.78, 5) is 42.1. The Hall–Kier alpha value is -3.62. The van der Waals surface area contributed by atoms with Crippen LogP contribution in [0.4, 0.5) is 0 Å². The predicted octanol–water partition coefficient (Wildman–Crippen LogP) is 0.233. The topological polar surface area (TPSA) is 129 Å². The molecule has 3 rings (SSSR count). The smallest absolute Gasteiger partial charge is 0.327 e. The molecule has 0 fully saturated rings. The molecule has 0 aliphatic heterocycles. The van der Waals surface area contributed by atoms with Gasteiger partial charge in [-0.25, -0.2) is 4.98 Å². The van der Waals surface area contributed by atoms with Crippen molar-refractivity contribution in [2.24, 2.45) is 0 Å². The summed E-state index contributed by atoms with van der Waals surface area (Å²) in [5, 5.41) is 2.36. The lowest BCUT2D eigenvalue weighted by Crippen LogP contribution is -2.48. The molecule has 9 nitrogen and oxygen atoms in total. The molecule has 2 aromatic heterocycles. The molecule has 0 aliphatic rings. The van der Waals surface area contributed by atoms with Gasteiger partial charge in [-0.15, -0.1) is 0 Å². The Balaban J connectivity index is 1.51. The fourth-order valence-corrected chi connectivity index (χ4v) is 1.98. The summed E-state index contributed by atoms with van der Waals surface area (Å²) in [5.74, 6) is -1.93. The Bertz CT molecular complexity index is 884. The number of H-pyrrole nitrogens is 1. The van der Waals surface area contributed by atoms with Crippen LogP contribution in [0.25, 0.3) is 11.0 Å². The number of rotatable bonds is 3. The number of hydrazine groups is 1. The van der Waals surface area contributed by atoms with Gasteiger partial charge in [0.15, 0.2) is 0 Å². The van der Waals surface area contributed by atoms with E-state index in [4.69, 9.17) is 4.42 Å². The minimum absolute atomic E-state index is 0.0731. The third-order valence-electron chi connectivity index (χ3n) is 3.18. The monoisotopic (exact) mass is 327 g/mol.